The number of ether oxygens (including phenoxy) is 3. The normalized spacial score (nSPS) is 11.1. The van der Waals surface area contributed by atoms with Crippen LogP contribution in [0.25, 0.3) is 0 Å². The van der Waals surface area contributed by atoms with Crippen LogP contribution >= 0.6 is 0 Å². The van der Waals surface area contributed by atoms with Gasteiger partial charge in [0.25, 0.3) is 0 Å². The Morgan fingerprint density at radius 1 is 1.10 bits per heavy atom. The van der Waals surface area contributed by atoms with Crippen LogP contribution in [-0.4, -0.2) is 31.3 Å². The molecule has 1 aromatic carbocycles. The number of carbonyl (C=O) groups is 2. The maximum Gasteiger partial charge on any atom is 0.330 e. The first-order valence-corrected chi connectivity index (χ1v) is 6.37. The van der Waals surface area contributed by atoms with E-state index < -0.39 is 18.0 Å². The van der Waals surface area contributed by atoms with E-state index in [0.29, 0.717) is 5.75 Å². The van der Waals surface area contributed by atoms with Gasteiger partial charge in [0.15, 0.2) is 6.10 Å². The lowest BCUT2D eigenvalue weighted by atomic mass is 10.2. The van der Waals surface area contributed by atoms with Gasteiger partial charge in [0.1, 0.15) is 19.0 Å². The number of benzene rings is 1. The summed E-state index contributed by atoms with van der Waals surface area (Å²) in [6.45, 7) is 8.51. The third-order valence-corrected chi connectivity index (χ3v) is 2.48. The highest BCUT2D eigenvalue weighted by Crippen LogP contribution is 2.12. The van der Waals surface area contributed by atoms with Gasteiger partial charge in [-0.2, -0.15) is 0 Å². The van der Waals surface area contributed by atoms with Crippen LogP contribution in [-0.2, 0) is 19.1 Å². The molecular weight excluding hydrogens is 272 g/mol. The van der Waals surface area contributed by atoms with Crippen molar-refractivity contribution >= 4 is 11.9 Å². The minimum absolute atomic E-state index is 0.0626. The summed E-state index contributed by atoms with van der Waals surface area (Å²) in [5.41, 5.74) is 1.11. The molecule has 0 aliphatic rings. The van der Waals surface area contributed by atoms with Gasteiger partial charge in [-0.1, -0.05) is 30.9 Å². The number of hydrogen-bond acceptors (Lipinski definition) is 5. The zero-order chi connectivity index (χ0) is 15.7. The van der Waals surface area contributed by atoms with Gasteiger partial charge >= 0.3 is 11.9 Å². The zero-order valence-corrected chi connectivity index (χ0v) is 11.9. The smallest absolute Gasteiger partial charge is 0.330 e. The summed E-state index contributed by atoms with van der Waals surface area (Å²) in [7, 11) is 0. The standard InChI is InChI=1S/C16H18O5/c1-4-15(17)20-11-14(21-16(18)5-2)10-19-13-8-6-12(3)7-9-13/h4-9,14H,1-2,10-11H2,3H3. The lowest BCUT2D eigenvalue weighted by Gasteiger charge is -2.17. The van der Waals surface area contributed by atoms with Gasteiger partial charge in [0.2, 0.25) is 0 Å². The van der Waals surface area contributed by atoms with Gasteiger partial charge in [0.05, 0.1) is 0 Å². The number of hydrogen-bond donors (Lipinski definition) is 0. The second kappa shape index (κ2) is 8.58. The van der Waals surface area contributed by atoms with Crippen LogP contribution in [0.1, 0.15) is 5.56 Å². The molecule has 0 aliphatic heterocycles. The Kier molecular flexibility index (Phi) is 6.74. The molecule has 0 aliphatic carbocycles. The molecule has 0 fully saturated rings. The molecule has 0 radical (unpaired) electrons. The van der Waals surface area contributed by atoms with Gasteiger partial charge in [-0.3, -0.25) is 0 Å². The van der Waals surface area contributed by atoms with Crippen molar-refractivity contribution in [2.45, 2.75) is 13.0 Å². The first kappa shape index (κ1) is 16.5. The number of rotatable bonds is 8. The van der Waals surface area contributed by atoms with E-state index in [1.165, 1.54) is 0 Å². The van der Waals surface area contributed by atoms with E-state index in [-0.39, 0.29) is 13.2 Å². The van der Waals surface area contributed by atoms with Crippen LogP contribution in [0.4, 0.5) is 0 Å². The zero-order valence-electron chi connectivity index (χ0n) is 11.9. The molecule has 1 unspecified atom stereocenters. The van der Waals surface area contributed by atoms with Crippen molar-refractivity contribution in [1.82, 2.24) is 0 Å². The summed E-state index contributed by atoms with van der Waals surface area (Å²) in [6.07, 6.45) is 1.35. The Balaban J connectivity index is 2.56. The molecule has 0 aromatic heterocycles. The van der Waals surface area contributed by atoms with E-state index in [2.05, 4.69) is 13.2 Å². The minimum Gasteiger partial charge on any atom is -0.490 e. The summed E-state index contributed by atoms with van der Waals surface area (Å²) in [4.78, 5) is 22.3. The highest BCUT2D eigenvalue weighted by atomic mass is 16.6. The van der Waals surface area contributed by atoms with Crippen LogP contribution in [0, 0.1) is 6.92 Å². The monoisotopic (exact) mass is 290 g/mol. The number of carbonyl (C=O) groups excluding carboxylic acids is 2. The molecule has 0 spiro atoms. The fourth-order valence-electron chi connectivity index (χ4n) is 1.39. The van der Waals surface area contributed by atoms with E-state index in [1.807, 2.05) is 19.1 Å². The third-order valence-electron chi connectivity index (χ3n) is 2.48. The summed E-state index contributed by atoms with van der Waals surface area (Å²) in [6, 6.07) is 7.41. The highest BCUT2D eigenvalue weighted by Gasteiger charge is 2.16. The first-order valence-electron chi connectivity index (χ1n) is 6.37. The fraction of sp³-hybridized carbons (Fsp3) is 0.250. The van der Waals surface area contributed by atoms with Crippen molar-refractivity contribution in [3.8, 4) is 5.75 Å². The lowest BCUT2D eigenvalue weighted by Crippen LogP contribution is -2.30. The summed E-state index contributed by atoms with van der Waals surface area (Å²) >= 11 is 0. The van der Waals surface area contributed by atoms with Crippen molar-refractivity contribution in [1.29, 1.82) is 0 Å². The Morgan fingerprint density at radius 3 is 2.29 bits per heavy atom. The molecule has 1 aromatic rings. The van der Waals surface area contributed by atoms with Crippen molar-refractivity contribution in [2.75, 3.05) is 13.2 Å². The van der Waals surface area contributed by atoms with Gasteiger partial charge in [-0.05, 0) is 19.1 Å². The van der Waals surface area contributed by atoms with Gasteiger partial charge < -0.3 is 14.2 Å². The topological polar surface area (TPSA) is 61.8 Å². The molecule has 0 N–H and O–H groups in total. The Labute approximate surface area is 123 Å². The molecule has 0 saturated carbocycles. The number of aryl methyl sites for hydroxylation is 1. The molecule has 112 valence electrons. The summed E-state index contributed by atoms with van der Waals surface area (Å²) < 4.78 is 15.4. The Bertz CT molecular complexity index is 504. The van der Waals surface area contributed by atoms with E-state index in [9.17, 15) is 9.59 Å². The molecule has 1 rings (SSSR count). The van der Waals surface area contributed by atoms with Gasteiger partial charge in [-0.25, -0.2) is 9.59 Å². The molecule has 21 heavy (non-hydrogen) atoms. The molecule has 5 nitrogen and oxygen atoms in total. The van der Waals surface area contributed by atoms with Gasteiger partial charge in [0, 0.05) is 12.2 Å². The second-order valence-corrected chi connectivity index (χ2v) is 4.22. The molecule has 0 heterocycles. The third kappa shape index (κ3) is 6.42. The predicted octanol–water partition coefficient (Wildman–Crippen LogP) is 2.20. The van der Waals surface area contributed by atoms with E-state index in [4.69, 9.17) is 14.2 Å². The molecule has 0 bridgehead atoms. The quantitative estimate of drug-likeness (QED) is 0.542. The van der Waals surface area contributed by atoms with E-state index in [0.717, 1.165) is 17.7 Å². The second-order valence-electron chi connectivity index (χ2n) is 4.22. The molecular formula is C16H18O5. The van der Waals surface area contributed by atoms with Gasteiger partial charge in [-0.15, -0.1) is 0 Å². The van der Waals surface area contributed by atoms with Crippen molar-refractivity contribution in [3.63, 3.8) is 0 Å². The molecule has 5 heteroatoms. The number of esters is 2. The molecule has 0 saturated heterocycles. The average molecular weight is 290 g/mol. The van der Waals surface area contributed by atoms with Crippen LogP contribution in [0.2, 0.25) is 0 Å². The molecule has 1 atom stereocenters. The van der Waals surface area contributed by atoms with Crippen molar-refractivity contribution in [3.05, 3.63) is 55.1 Å². The Hall–Kier alpha value is -2.56. The maximum atomic E-state index is 11.2. The molecule has 0 amide bonds. The van der Waals surface area contributed by atoms with E-state index in [1.54, 1.807) is 12.1 Å². The van der Waals surface area contributed by atoms with Crippen LogP contribution in [0.5, 0.6) is 5.75 Å². The Morgan fingerprint density at radius 2 is 1.71 bits per heavy atom. The summed E-state index contributed by atoms with van der Waals surface area (Å²) in [5, 5.41) is 0. The van der Waals surface area contributed by atoms with Crippen molar-refractivity contribution in [2.24, 2.45) is 0 Å². The SMILES string of the molecule is C=CC(=O)OCC(COc1ccc(C)cc1)OC(=O)C=C. The highest BCUT2D eigenvalue weighted by molar-refractivity contribution is 5.82. The largest absolute Gasteiger partial charge is 0.490 e. The van der Waals surface area contributed by atoms with E-state index >= 15 is 0 Å². The van der Waals surface area contributed by atoms with Crippen LogP contribution in [0.15, 0.2) is 49.6 Å². The average Bonchev–Trinajstić information content (AvgIpc) is 2.50. The first-order chi connectivity index (χ1) is 10.0. The van der Waals surface area contributed by atoms with Crippen molar-refractivity contribution < 1.29 is 23.8 Å². The summed E-state index contributed by atoms with van der Waals surface area (Å²) in [5.74, 6) is -0.567. The van der Waals surface area contributed by atoms with Crippen LogP contribution < -0.4 is 4.74 Å². The maximum absolute atomic E-state index is 11.2. The predicted molar refractivity (Wildman–Crippen MR) is 77.9 cm³/mol. The fourth-order valence-corrected chi connectivity index (χ4v) is 1.39. The minimum atomic E-state index is -0.722. The lowest BCUT2D eigenvalue weighted by molar-refractivity contribution is -0.154. The van der Waals surface area contributed by atoms with Crippen LogP contribution in [0.3, 0.4) is 0 Å².